The Balaban J connectivity index is 3.34. The lowest BCUT2D eigenvalue weighted by Gasteiger charge is -2.00. The number of benzene rings is 1. The number of halogens is 2. The van der Waals surface area contributed by atoms with Crippen LogP contribution in [0.3, 0.4) is 0 Å². The Bertz CT molecular complexity index is 229. The van der Waals surface area contributed by atoms with Crippen LogP contribution in [0.2, 0.25) is 0 Å². The van der Waals surface area contributed by atoms with Crippen molar-refractivity contribution in [1.29, 1.82) is 0 Å². The molecule has 0 saturated carbocycles. The largest absolute Gasteiger partial charge is 0.205 e. The summed E-state index contributed by atoms with van der Waals surface area (Å²) in [5, 5.41) is 0. The van der Waals surface area contributed by atoms with Gasteiger partial charge in [0.15, 0.2) is 0 Å². The highest BCUT2D eigenvalue weighted by Gasteiger charge is 2.03. The summed E-state index contributed by atoms with van der Waals surface area (Å²) in [7, 11) is 0. The van der Waals surface area contributed by atoms with Crippen LogP contribution < -0.4 is 0 Å². The molecule has 1 aromatic rings. The third kappa shape index (κ3) is 1.21. The van der Waals surface area contributed by atoms with Crippen molar-refractivity contribution in [2.75, 3.05) is 0 Å². The zero-order chi connectivity index (χ0) is 7.72. The topological polar surface area (TPSA) is 0 Å². The standard InChI is InChI=1S/C8H8BrF/c1-5-3-4-6(2)8(10)7(5)9/h3-4H,1-2H3. The average molecular weight is 203 g/mol. The highest BCUT2D eigenvalue weighted by molar-refractivity contribution is 9.10. The first-order chi connectivity index (χ1) is 4.63. The van der Waals surface area contributed by atoms with Gasteiger partial charge in [-0.3, -0.25) is 0 Å². The normalized spacial score (nSPS) is 10.0. The zero-order valence-corrected chi connectivity index (χ0v) is 7.50. The van der Waals surface area contributed by atoms with Gasteiger partial charge in [0.05, 0.1) is 4.47 Å². The molecule has 0 fully saturated rings. The van der Waals surface area contributed by atoms with E-state index in [1.54, 1.807) is 13.0 Å². The smallest absolute Gasteiger partial charge is 0.140 e. The highest BCUT2D eigenvalue weighted by atomic mass is 79.9. The lowest BCUT2D eigenvalue weighted by molar-refractivity contribution is 0.610. The summed E-state index contributed by atoms with van der Waals surface area (Å²) < 4.78 is 13.5. The fourth-order valence-electron chi connectivity index (χ4n) is 0.743. The molecule has 0 aliphatic rings. The maximum Gasteiger partial charge on any atom is 0.140 e. The Kier molecular flexibility index (Phi) is 2.09. The lowest BCUT2D eigenvalue weighted by atomic mass is 10.2. The van der Waals surface area contributed by atoms with E-state index in [4.69, 9.17) is 0 Å². The van der Waals surface area contributed by atoms with E-state index in [9.17, 15) is 4.39 Å². The summed E-state index contributed by atoms with van der Waals surface area (Å²) in [5.41, 5.74) is 1.61. The first-order valence-corrected chi connectivity index (χ1v) is 3.83. The first kappa shape index (κ1) is 7.73. The minimum Gasteiger partial charge on any atom is -0.205 e. The van der Waals surface area contributed by atoms with E-state index in [1.807, 2.05) is 13.0 Å². The van der Waals surface area contributed by atoms with E-state index < -0.39 is 0 Å². The van der Waals surface area contributed by atoms with E-state index in [0.29, 0.717) is 10.0 Å². The molecule has 54 valence electrons. The maximum absolute atomic E-state index is 12.9. The molecule has 0 aliphatic heterocycles. The van der Waals surface area contributed by atoms with Gasteiger partial charge in [-0.05, 0) is 40.9 Å². The van der Waals surface area contributed by atoms with Gasteiger partial charge in [0, 0.05) is 0 Å². The fourth-order valence-corrected chi connectivity index (χ4v) is 1.19. The quantitative estimate of drug-likeness (QED) is 0.607. The summed E-state index contributed by atoms with van der Waals surface area (Å²) in [6.45, 7) is 3.62. The molecule has 0 bridgehead atoms. The molecule has 0 spiro atoms. The van der Waals surface area contributed by atoms with Gasteiger partial charge in [0.1, 0.15) is 5.82 Å². The zero-order valence-electron chi connectivity index (χ0n) is 5.91. The summed E-state index contributed by atoms with van der Waals surface area (Å²) in [6, 6.07) is 3.66. The molecule has 0 nitrogen and oxygen atoms in total. The van der Waals surface area contributed by atoms with E-state index in [1.165, 1.54) is 0 Å². The van der Waals surface area contributed by atoms with Crippen LogP contribution in [0.4, 0.5) is 4.39 Å². The lowest BCUT2D eigenvalue weighted by Crippen LogP contribution is -1.85. The molecule has 1 rings (SSSR count). The number of aryl methyl sites for hydroxylation is 2. The molecule has 0 atom stereocenters. The Labute approximate surface area is 68.2 Å². The van der Waals surface area contributed by atoms with Gasteiger partial charge in [-0.2, -0.15) is 0 Å². The average Bonchev–Trinajstić information content (AvgIpc) is 1.93. The van der Waals surface area contributed by atoms with Crippen LogP contribution in [0.1, 0.15) is 11.1 Å². The summed E-state index contributed by atoms with van der Waals surface area (Å²) in [6.07, 6.45) is 0. The van der Waals surface area contributed by atoms with Gasteiger partial charge in [-0.25, -0.2) is 4.39 Å². The molecule has 2 heteroatoms. The molecule has 0 N–H and O–H groups in total. The van der Waals surface area contributed by atoms with Crippen molar-refractivity contribution in [2.24, 2.45) is 0 Å². The monoisotopic (exact) mass is 202 g/mol. The molecule has 0 aromatic heterocycles. The number of hydrogen-bond donors (Lipinski definition) is 0. The molecule has 0 amide bonds. The van der Waals surface area contributed by atoms with Crippen LogP contribution in [0, 0.1) is 19.7 Å². The maximum atomic E-state index is 12.9. The van der Waals surface area contributed by atoms with E-state index >= 15 is 0 Å². The van der Waals surface area contributed by atoms with Gasteiger partial charge in [0.2, 0.25) is 0 Å². The molecule has 0 aliphatic carbocycles. The second-order valence-electron chi connectivity index (χ2n) is 2.33. The Hall–Kier alpha value is -0.370. The van der Waals surface area contributed by atoms with Crippen LogP contribution in [-0.4, -0.2) is 0 Å². The second kappa shape index (κ2) is 2.70. The first-order valence-electron chi connectivity index (χ1n) is 3.04. The highest BCUT2D eigenvalue weighted by Crippen LogP contribution is 2.21. The van der Waals surface area contributed by atoms with Crippen molar-refractivity contribution in [3.05, 3.63) is 33.5 Å². The molecule has 0 radical (unpaired) electrons. The molecule has 0 heterocycles. The van der Waals surface area contributed by atoms with Gasteiger partial charge < -0.3 is 0 Å². The van der Waals surface area contributed by atoms with Gasteiger partial charge in [-0.1, -0.05) is 12.1 Å². The summed E-state index contributed by atoms with van der Waals surface area (Å²) in [5.74, 6) is -0.153. The van der Waals surface area contributed by atoms with Crippen molar-refractivity contribution in [3.63, 3.8) is 0 Å². The third-order valence-electron chi connectivity index (χ3n) is 1.47. The van der Waals surface area contributed by atoms with Crippen molar-refractivity contribution in [2.45, 2.75) is 13.8 Å². The van der Waals surface area contributed by atoms with E-state index in [2.05, 4.69) is 15.9 Å². The summed E-state index contributed by atoms with van der Waals surface area (Å²) >= 11 is 3.15. The van der Waals surface area contributed by atoms with Crippen molar-refractivity contribution in [1.82, 2.24) is 0 Å². The van der Waals surface area contributed by atoms with E-state index in [0.717, 1.165) is 5.56 Å². The van der Waals surface area contributed by atoms with Crippen molar-refractivity contribution < 1.29 is 4.39 Å². The van der Waals surface area contributed by atoms with Crippen LogP contribution in [-0.2, 0) is 0 Å². The van der Waals surface area contributed by atoms with Crippen LogP contribution in [0.15, 0.2) is 16.6 Å². The van der Waals surface area contributed by atoms with Gasteiger partial charge in [-0.15, -0.1) is 0 Å². The predicted molar refractivity (Wildman–Crippen MR) is 43.6 cm³/mol. The molecular weight excluding hydrogens is 195 g/mol. The number of hydrogen-bond acceptors (Lipinski definition) is 0. The number of rotatable bonds is 0. The molecule has 1 aromatic carbocycles. The Morgan fingerprint density at radius 3 is 2.20 bits per heavy atom. The Morgan fingerprint density at radius 1 is 1.20 bits per heavy atom. The second-order valence-corrected chi connectivity index (χ2v) is 3.12. The van der Waals surface area contributed by atoms with E-state index in [-0.39, 0.29) is 5.82 Å². The van der Waals surface area contributed by atoms with Crippen molar-refractivity contribution >= 4 is 15.9 Å². The molecule has 0 unspecified atom stereocenters. The van der Waals surface area contributed by atoms with Crippen LogP contribution in [0.5, 0.6) is 0 Å². The van der Waals surface area contributed by atoms with Gasteiger partial charge in [0.25, 0.3) is 0 Å². The Morgan fingerprint density at radius 2 is 1.70 bits per heavy atom. The van der Waals surface area contributed by atoms with Gasteiger partial charge >= 0.3 is 0 Å². The molecular formula is C8H8BrF. The minimum atomic E-state index is -0.153. The predicted octanol–water partition coefficient (Wildman–Crippen LogP) is 3.21. The summed E-state index contributed by atoms with van der Waals surface area (Å²) in [4.78, 5) is 0. The molecule has 10 heavy (non-hydrogen) atoms. The van der Waals surface area contributed by atoms with Crippen LogP contribution in [0.25, 0.3) is 0 Å². The third-order valence-corrected chi connectivity index (χ3v) is 2.44. The minimum absolute atomic E-state index is 0.153. The molecule has 0 saturated heterocycles. The fraction of sp³-hybridized carbons (Fsp3) is 0.250. The van der Waals surface area contributed by atoms with Crippen LogP contribution >= 0.6 is 15.9 Å². The SMILES string of the molecule is Cc1ccc(C)c(Br)c1F. The van der Waals surface area contributed by atoms with Crippen molar-refractivity contribution in [3.8, 4) is 0 Å².